The fourth-order valence-electron chi connectivity index (χ4n) is 19.5. The van der Waals surface area contributed by atoms with Crippen molar-refractivity contribution in [3.05, 3.63) is 287 Å². The van der Waals surface area contributed by atoms with E-state index in [0.29, 0.717) is 41.9 Å². The van der Waals surface area contributed by atoms with E-state index in [-0.39, 0.29) is 60.2 Å². The Morgan fingerprint density at radius 1 is 0.366 bits per heavy atom. The van der Waals surface area contributed by atoms with Crippen molar-refractivity contribution in [2.24, 2.45) is 5.92 Å². The van der Waals surface area contributed by atoms with Crippen molar-refractivity contribution in [3.63, 3.8) is 0 Å². The van der Waals surface area contributed by atoms with E-state index in [9.17, 15) is 33.6 Å². The quantitative estimate of drug-likeness (QED) is 0.0142. The van der Waals surface area contributed by atoms with Gasteiger partial charge in [-0.25, -0.2) is 14.4 Å². The normalized spacial score (nSPS) is 16.2. The fourth-order valence-corrected chi connectivity index (χ4v) is 19.5. The van der Waals surface area contributed by atoms with E-state index >= 15 is 0 Å². The molecular formula is C110H141N11O10+2. The maximum Gasteiger partial charge on any atom is 0.411 e. The lowest BCUT2D eigenvalue weighted by molar-refractivity contribution is -0.894. The molecule has 15 rings (SSSR count). The lowest BCUT2D eigenvalue weighted by atomic mass is 9.88. The number of carbonyl (C=O) groups excluding carboxylic acids is 7. The van der Waals surface area contributed by atoms with Gasteiger partial charge in [0.15, 0.2) is 0 Å². The summed E-state index contributed by atoms with van der Waals surface area (Å²) in [5.41, 5.74) is 12.1. The number of anilines is 2. The van der Waals surface area contributed by atoms with Crippen molar-refractivity contribution in [2.45, 2.75) is 179 Å². The number of alkyl carbamates (subject to hydrolysis) is 1. The number of likely N-dealkylation sites (tertiary alicyclic amines) is 3. The van der Waals surface area contributed by atoms with Crippen molar-refractivity contribution in [1.82, 2.24) is 34.7 Å². The molecule has 5 heterocycles. The highest BCUT2D eigenvalue weighted by Gasteiger charge is 2.37. The second-order valence-electron chi connectivity index (χ2n) is 38.0. The third kappa shape index (κ3) is 30.2. The van der Waals surface area contributed by atoms with Crippen LogP contribution in [0.25, 0.3) is 22.3 Å². The zero-order chi connectivity index (χ0) is 91.6. The summed E-state index contributed by atoms with van der Waals surface area (Å²) < 4.78 is 19.6. The second kappa shape index (κ2) is 49.9. The minimum absolute atomic E-state index is 0.00130. The average Bonchev–Trinajstić information content (AvgIpc) is 1.64. The van der Waals surface area contributed by atoms with Crippen LogP contribution in [0.1, 0.15) is 211 Å². The van der Waals surface area contributed by atoms with Crippen LogP contribution in [0, 0.1) is 5.92 Å². The van der Waals surface area contributed by atoms with Crippen LogP contribution < -0.4 is 16.0 Å². The molecule has 694 valence electrons. The van der Waals surface area contributed by atoms with Crippen LogP contribution >= 0.6 is 0 Å². The van der Waals surface area contributed by atoms with E-state index in [4.69, 9.17) is 14.2 Å². The Morgan fingerprint density at radius 3 is 1.20 bits per heavy atom. The van der Waals surface area contributed by atoms with Gasteiger partial charge in [-0.15, -0.1) is 0 Å². The number of fused-ring (bicyclic) bond motifs is 2. The summed E-state index contributed by atoms with van der Waals surface area (Å²) in [6.45, 7) is 15.6. The zero-order valence-electron chi connectivity index (χ0n) is 78.2. The highest BCUT2D eigenvalue weighted by atomic mass is 16.6. The number of quaternary nitrogens is 2. The molecule has 0 atom stereocenters. The third-order valence-corrected chi connectivity index (χ3v) is 26.9. The Bertz CT molecular complexity index is 4980. The molecule has 21 heteroatoms. The van der Waals surface area contributed by atoms with E-state index < -0.39 is 6.09 Å². The number of para-hydroxylation sites is 2. The van der Waals surface area contributed by atoms with Crippen LogP contribution in [0.4, 0.5) is 25.8 Å². The Kier molecular flexibility index (Phi) is 37.1. The minimum atomic E-state index is -0.420. The summed E-state index contributed by atoms with van der Waals surface area (Å²) in [6, 6.07) is 78.2. The molecule has 1 aliphatic carbocycles. The summed E-state index contributed by atoms with van der Waals surface area (Å²) in [7, 11) is 11.4. The number of amides is 7. The fraction of sp³-hybridized carbons (Fsp3) is 0.445. The molecule has 21 nitrogen and oxygen atoms in total. The summed E-state index contributed by atoms with van der Waals surface area (Å²) in [6.07, 6.45) is 24.9. The van der Waals surface area contributed by atoms with Crippen molar-refractivity contribution >= 4 is 53.3 Å². The van der Waals surface area contributed by atoms with Crippen LogP contribution in [0.5, 0.6) is 0 Å². The van der Waals surface area contributed by atoms with E-state index in [1.54, 1.807) is 48.5 Å². The molecule has 0 aromatic heterocycles. The molecular weight excluding hydrogens is 1640 g/mol. The molecule has 1 saturated carbocycles. The number of imide groups is 2. The van der Waals surface area contributed by atoms with Crippen LogP contribution in [0.3, 0.4) is 0 Å². The molecule has 3 saturated heterocycles. The van der Waals surface area contributed by atoms with Gasteiger partial charge in [-0.1, -0.05) is 251 Å². The van der Waals surface area contributed by atoms with Gasteiger partial charge in [0, 0.05) is 95.5 Å². The van der Waals surface area contributed by atoms with Gasteiger partial charge >= 0.3 is 18.3 Å². The lowest BCUT2D eigenvalue weighted by Crippen LogP contribution is -2.44. The zero-order valence-corrected chi connectivity index (χ0v) is 78.2. The van der Waals surface area contributed by atoms with Gasteiger partial charge in [0.05, 0.1) is 94.0 Å². The van der Waals surface area contributed by atoms with Gasteiger partial charge in [0.2, 0.25) is 0 Å². The van der Waals surface area contributed by atoms with Crippen molar-refractivity contribution in [2.75, 3.05) is 144 Å². The second-order valence-corrected chi connectivity index (χ2v) is 38.0. The predicted molar refractivity (Wildman–Crippen MR) is 523 cm³/mol. The first-order valence-electron chi connectivity index (χ1n) is 48.5. The molecule has 5 aliphatic heterocycles. The summed E-state index contributed by atoms with van der Waals surface area (Å²) in [4.78, 5) is 101. The number of unbranched alkanes of at least 4 members (excludes halogenated alkanes) is 8. The molecule has 3 N–H and O–H groups in total. The van der Waals surface area contributed by atoms with Gasteiger partial charge in [0.1, 0.15) is 18.3 Å². The third-order valence-electron chi connectivity index (χ3n) is 26.9. The first-order valence-corrected chi connectivity index (χ1v) is 48.5. The minimum Gasteiger partial charge on any atom is -0.446 e. The smallest absolute Gasteiger partial charge is 0.411 e. The number of hydrogen-bond donors (Lipinski definition) is 3. The molecule has 9 aromatic carbocycles. The van der Waals surface area contributed by atoms with Crippen LogP contribution in [0.2, 0.25) is 0 Å². The lowest BCUT2D eigenvalue weighted by Gasteiger charge is -2.35. The maximum atomic E-state index is 12.9. The highest BCUT2D eigenvalue weighted by molar-refractivity contribution is 6.22. The molecule has 7 amide bonds. The molecule has 0 bridgehead atoms. The highest BCUT2D eigenvalue weighted by Crippen LogP contribution is 2.34. The summed E-state index contributed by atoms with van der Waals surface area (Å²) >= 11 is 0. The predicted octanol–water partition coefficient (Wildman–Crippen LogP) is 20.9. The van der Waals surface area contributed by atoms with E-state index in [1.807, 2.05) is 165 Å². The Hall–Kier alpha value is -11.2. The first-order chi connectivity index (χ1) is 63.7. The molecule has 9 aromatic rings. The topological polar surface area (TPSA) is 203 Å². The van der Waals surface area contributed by atoms with Crippen molar-refractivity contribution in [1.29, 1.82) is 0 Å². The van der Waals surface area contributed by atoms with Crippen LogP contribution in [-0.4, -0.2) is 232 Å². The van der Waals surface area contributed by atoms with Gasteiger partial charge in [-0.05, 0) is 180 Å². The van der Waals surface area contributed by atoms with Crippen molar-refractivity contribution in [3.8, 4) is 22.3 Å². The Balaban J connectivity index is 0.000000168. The number of nitrogens with zero attached hydrogens (tertiary/aromatic N) is 8. The number of ether oxygens (including phenoxy) is 3. The first kappa shape index (κ1) is 97.4. The average molecular weight is 1780 g/mol. The standard InChI is InChI=1S/C37H38N4O4.C37H46N4O4.C36H55N3O2/c1-39(22-23-41-35(42)32-15-5-6-16-33(32)36(41)43)25-27-10-9-11-28(24-27)26-40-20-18-30(19-21-40)45-37(44)38-34-17-8-7-14-31(34)29-12-3-2-4-13-29;1-41(2,28-14-24-40-35(42)32-19-10-11-20-33(32)36(40)43)27-13-5-12-23-39-25-21-31(22-26-39)45-37(44)38-34(29-15-6-3-7-16-29)30-17-8-4-9-18-30;1-39(2,30-31-18-10-8-11-19-31)29-17-7-5-3-4-6-16-26-38-27-24-33(25-28-38)41-36(40)37-35-23-15-14-22-34(35)32-20-12-9-13-21-32/h2-17,24,30H,18-23,25-26H2,1H3,(H,38,44);3-4,6-11,15-20,31,34H,5,12-14,21-28H2,1-2H3;9,12-15,20-23,31,33H,3-8,10-11,16-19,24-30H2,1-2H3/p+2. The van der Waals surface area contributed by atoms with Crippen molar-refractivity contribution < 1.29 is 56.7 Å². The SMILES string of the molecule is CN(CCN1C(=O)c2ccccc2C1=O)Cc1cccc(CN2CCC(OC(=O)Nc3ccccc3-c3ccccc3)CC2)c1.C[N+](C)(CCCCCCCCCN1CCC(OC(=O)Nc2ccccc2-c2ccccc2)CC1)CC1CCCCC1.C[N+](C)(CCCCCN1CCC(OC(=O)NC(c2ccccc2)c2ccccc2)CC1)CCCN1C(=O)c2ccccc2C1=O. The molecule has 6 aliphatic rings. The molecule has 131 heavy (non-hydrogen) atoms. The van der Waals surface area contributed by atoms with Gasteiger partial charge in [0.25, 0.3) is 23.6 Å². The van der Waals surface area contributed by atoms with Gasteiger partial charge < -0.3 is 43.2 Å². The monoisotopic (exact) mass is 1780 g/mol. The summed E-state index contributed by atoms with van der Waals surface area (Å²) in [5, 5.41) is 9.02. The number of carbonyl (C=O) groups is 7. The maximum absolute atomic E-state index is 12.9. The molecule has 0 spiro atoms. The van der Waals surface area contributed by atoms with Gasteiger partial charge in [-0.3, -0.25) is 44.5 Å². The number of benzene rings is 9. The van der Waals surface area contributed by atoms with Gasteiger partial charge in [-0.2, -0.15) is 0 Å². The van der Waals surface area contributed by atoms with Crippen LogP contribution in [0.15, 0.2) is 243 Å². The Morgan fingerprint density at radius 2 is 0.733 bits per heavy atom. The Labute approximate surface area is 778 Å². The number of piperidine rings is 3. The van der Waals surface area contributed by atoms with E-state index in [0.717, 1.165) is 185 Å². The molecule has 4 fully saturated rings. The molecule has 0 unspecified atom stereocenters. The molecule has 0 radical (unpaired) electrons. The van der Waals surface area contributed by atoms with E-state index in [2.05, 4.69) is 100 Å². The number of nitrogens with one attached hydrogen (secondary N) is 3. The largest absolute Gasteiger partial charge is 0.446 e. The number of likely N-dealkylation sites (N-methyl/N-ethyl adjacent to an activating group) is 1. The summed E-state index contributed by atoms with van der Waals surface area (Å²) in [5.74, 6) is 0.215. The van der Waals surface area contributed by atoms with Crippen LogP contribution in [-0.2, 0) is 27.3 Å². The number of rotatable bonds is 39. The number of hydrogen-bond acceptors (Lipinski definition) is 14. The van der Waals surface area contributed by atoms with E-state index in [1.165, 1.54) is 129 Å².